The van der Waals surface area contributed by atoms with Gasteiger partial charge in [0.15, 0.2) is 0 Å². The largest absolute Gasteiger partial charge is 0.391 e. The number of aryl methyl sites for hydroxylation is 1. The fraction of sp³-hybridized carbons (Fsp3) is 0.565. The van der Waals surface area contributed by atoms with E-state index in [1.54, 1.807) is 0 Å². The summed E-state index contributed by atoms with van der Waals surface area (Å²) >= 11 is 0. The second-order valence-electron chi connectivity index (χ2n) is 8.67. The summed E-state index contributed by atoms with van der Waals surface area (Å²) in [6.07, 6.45) is 2.87. The minimum atomic E-state index is -0.489. The lowest BCUT2D eigenvalue weighted by molar-refractivity contribution is -0.132. The molecule has 0 unspecified atom stereocenters. The van der Waals surface area contributed by atoms with Crippen LogP contribution in [-0.2, 0) is 17.8 Å². The maximum absolute atomic E-state index is 12.8. The molecule has 0 saturated carbocycles. The van der Waals surface area contributed by atoms with Crippen molar-refractivity contribution in [3.05, 3.63) is 53.4 Å². The Kier molecular flexibility index (Phi) is 6.31. The second kappa shape index (κ2) is 9.09. The number of carbonyl (C=O) groups excluding carboxylic acids is 1. The van der Waals surface area contributed by atoms with Crippen molar-refractivity contribution >= 4 is 5.91 Å². The molecule has 2 atom stereocenters. The van der Waals surface area contributed by atoms with E-state index >= 15 is 0 Å². The number of likely N-dealkylation sites (tertiary alicyclic amines) is 2. The fourth-order valence-corrected chi connectivity index (χ4v) is 4.60. The minimum Gasteiger partial charge on any atom is -0.391 e. The van der Waals surface area contributed by atoms with Gasteiger partial charge >= 0.3 is 0 Å². The zero-order chi connectivity index (χ0) is 20.2. The molecule has 29 heavy (non-hydrogen) atoms. The maximum Gasteiger partial charge on any atom is 0.222 e. The number of rotatable bonds is 6. The summed E-state index contributed by atoms with van der Waals surface area (Å²) in [6.45, 7) is 6.00. The molecule has 1 N–H and O–H groups in total. The van der Waals surface area contributed by atoms with Crippen molar-refractivity contribution in [3.8, 4) is 0 Å². The highest BCUT2D eigenvalue weighted by Crippen LogP contribution is 2.26. The number of piperidine rings is 1. The number of hydrogen-bond donors (Lipinski definition) is 1. The Labute approximate surface area is 172 Å². The van der Waals surface area contributed by atoms with Gasteiger partial charge in [-0.1, -0.05) is 35.5 Å². The lowest BCUT2D eigenvalue weighted by atomic mass is 9.92. The molecule has 6 nitrogen and oxygen atoms in total. The van der Waals surface area contributed by atoms with E-state index in [2.05, 4.69) is 34.3 Å². The molecule has 0 radical (unpaired) electrons. The first-order valence-electron chi connectivity index (χ1n) is 10.7. The van der Waals surface area contributed by atoms with Crippen LogP contribution in [0.1, 0.15) is 36.3 Å². The molecule has 1 aromatic heterocycles. The smallest absolute Gasteiger partial charge is 0.222 e. The Morgan fingerprint density at radius 3 is 2.66 bits per heavy atom. The van der Waals surface area contributed by atoms with Crippen LogP contribution in [-0.4, -0.2) is 58.3 Å². The van der Waals surface area contributed by atoms with Gasteiger partial charge < -0.3 is 14.5 Å². The molecule has 2 aromatic rings. The lowest BCUT2D eigenvalue weighted by Crippen LogP contribution is -2.36. The molecule has 2 aliphatic heterocycles. The van der Waals surface area contributed by atoms with Crippen molar-refractivity contribution in [2.24, 2.45) is 11.8 Å². The molecule has 6 heteroatoms. The van der Waals surface area contributed by atoms with E-state index in [-0.39, 0.29) is 11.8 Å². The molecular weight excluding hydrogens is 366 g/mol. The number of hydrogen-bond acceptors (Lipinski definition) is 5. The molecule has 0 aliphatic carbocycles. The summed E-state index contributed by atoms with van der Waals surface area (Å²) < 4.78 is 5.28. The van der Waals surface area contributed by atoms with Gasteiger partial charge in [0, 0.05) is 44.5 Å². The van der Waals surface area contributed by atoms with Crippen LogP contribution in [0.3, 0.4) is 0 Å². The highest BCUT2D eigenvalue weighted by atomic mass is 16.5. The van der Waals surface area contributed by atoms with Crippen LogP contribution in [0.4, 0.5) is 0 Å². The number of β-amino-alcohol motifs (C(OH)–C–C–N with tert-alkyl or cyclic N) is 1. The van der Waals surface area contributed by atoms with E-state index in [1.165, 1.54) is 5.56 Å². The van der Waals surface area contributed by atoms with Crippen LogP contribution >= 0.6 is 0 Å². The van der Waals surface area contributed by atoms with E-state index in [0.717, 1.165) is 43.9 Å². The number of benzene rings is 1. The molecule has 156 valence electrons. The molecule has 2 fully saturated rings. The van der Waals surface area contributed by atoms with Crippen molar-refractivity contribution in [3.63, 3.8) is 0 Å². The standard InChI is InChI=1S/C23H31N3O3/c1-17-11-21(29-24-17)13-20-15-26(16-22(20)27)23(28)12-18-7-9-25(10-8-18)14-19-5-3-2-4-6-19/h2-6,11,18,20,22,27H,7-10,12-16H2,1H3/t20-,22+/m1/s1. The molecular formula is C23H31N3O3. The number of amides is 1. The van der Waals surface area contributed by atoms with Crippen LogP contribution in [0.15, 0.2) is 40.9 Å². The summed E-state index contributed by atoms with van der Waals surface area (Å²) in [6, 6.07) is 12.5. The summed E-state index contributed by atoms with van der Waals surface area (Å²) in [5.74, 6) is 1.44. The normalized spacial score (nSPS) is 23.6. The van der Waals surface area contributed by atoms with Crippen LogP contribution in [0.5, 0.6) is 0 Å². The average Bonchev–Trinajstić information content (AvgIpc) is 3.30. The van der Waals surface area contributed by atoms with Gasteiger partial charge in [0.25, 0.3) is 0 Å². The van der Waals surface area contributed by atoms with E-state index in [9.17, 15) is 9.90 Å². The van der Waals surface area contributed by atoms with Gasteiger partial charge in [0.1, 0.15) is 5.76 Å². The third-order valence-corrected chi connectivity index (χ3v) is 6.32. The zero-order valence-corrected chi connectivity index (χ0v) is 17.2. The Balaban J connectivity index is 1.22. The van der Waals surface area contributed by atoms with Crippen LogP contribution in [0.25, 0.3) is 0 Å². The van der Waals surface area contributed by atoms with E-state index in [4.69, 9.17) is 4.52 Å². The molecule has 0 bridgehead atoms. The topological polar surface area (TPSA) is 69.8 Å². The Hall–Kier alpha value is -2.18. The molecule has 2 saturated heterocycles. The lowest BCUT2D eigenvalue weighted by Gasteiger charge is -2.32. The minimum absolute atomic E-state index is 0.0269. The quantitative estimate of drug-likeness (QED) is 0.812. The fourth-order valence-electron chi connectivity index (χ4n) is 4.60. The predicted octanol–water partition coefficient (Wildman–Crippen LogP) is 2.65. The predicted molar refractivity (Wildman–Crippen MR) is 110 cm³/mol. The van der Waals surface area contributed by atoms with Crippen LogP contribution < -0.4 is 0 Å². The number of aliphatic hydroxyl groups is 1. The number of aliphatic hydroxyl groups excluding tert-OH is 1. The van der Waals surface area contributed by atoms with E-state index < -0.39 is 6.10 Å². The summed E-state index contributed by atoms with van der Waals surface area (Å²) in [7, 11) is 0. The number of aromatic nitrogens is 1. The third kappa shape index (κ3) is 5.25. The highest BCUT2D eigenvalue weighted by Gasteiger charge is 2.35. The third-order valence-electron chi connectivity index (χ3n) is 6.32. The Morgan fingerprint density at radius 2 is 1.97 bits per heavy atom. The number of carbonyl (C=O) groups is 1. The first-order valence-corrected chi connectivity index (χ1v) is 10.7. The van der Waals surface area contributed by atoms with Crippen LogP contribution in [0.2, 0.25) is 0 Å². The molecule has 4 rings (SSSR count). The Bertz CT molecular complexity index is 799. The molecule has 1 aromatic carbocycles. The summed E-state index contributed by atoms with van der Waals surface area (Å²) in [5.41, 5.74) is 2.19. The first-order chi connectivity index (χ1) is 14.1. The number of nitrogens with zero attached hydrogens (tertiary/aromatic N) is 3. The van der Waals surface area contributed by atoms with Gasteiger partial charge in [-0.05, 0) is 44.3 Å². The second-order valence-corrected chi connectivity index (χ2v) is 8.67. The molecule has 3 heterocycles. The van der Waals surface area contributed by atoms with Gasteiger partial charge in [-0.15, -0.1) is 0 Å². The van der Waals surface area contributed by atoms with Gasteiger partial charge in [0.2, 0.25) is 5.91 Å². The molecule has 2 aliphatic rings. The Morgan fingerprint density at radius 1 is 1.21 bits per heavy atom. The van der Waals surface area contributed by atoms with Crippen LogP contribution in [0, 0.1) is 18.8 Å². The zero-order valence-electron chi connectivity index (χ0n) is 17.2. The SMILES string of the molecule is Cc1cc(C[C@@H]2CN(C(=O)CC3CCN(Cc4ccccc4)CC3)C[C@@H]2O)on1. The van der Waals surface area contributed by atoms with Crippen molar-refractivity contribution in [2.45, 2.75) is 45.3 Å². The monoisotopic (exact) mass is 397 g/mol. The van der Waals surface area contributed by atoms with Gasteiger partial charge in [-0.3, -0.25) is 9.69 Å². The van der Waals surface area contributed by atoms with Gasteiger partial charge in [-0.2, -0.15) is 0 Å². The van der Waals surface area contributed by atoms with E-state index in [1.807, 2.05) is 24.0 Å². The van der Waals surface area contributed by atoms with Gasteiger partial charge in [0.05, 0.1) is 11.8 Å². The van der Waals surface area contributed by atoms with Crippen molar-refractivity contribution in [1.29, 1.82) is 0 Å². The first kappa shape index (κ1) is 20.1. The van der Waals surface area contributed by atoms with Gasteiger partial charge in [-0.25, -0.2) is 0 Å². The average molecular weight is 398 g/mol. The maximum atomic E-state index is 12.8. The van der Waals surface area contributed by atoms with Crippen molar-refractivity contribution in [2.75, 3.05) is 26.2 Å². The molecule has 0 spiro atoms. The summed E-state index contributed by atoms with van der Waals surface area (Å²) in [4.78, 5) is 17.1. The van der Waals surface area contributed by atoms with E-state index in [0.29, 0.717) is 31.8 Å². The highest BCUT2D eigenvalue weighted by molar-refractivity contribution is 5.76. The van der Waals surface area contributed by atoms with Crippen molar-refractivity contribution in [1.82, 2.24) is 15.0 Å². The van der Waals surface area contributed by atoms with Crippen molar-refractivity contribution < 1.29 is 14.4 Å². The molecule has 1 amide bonds. The summed E-state index contributed by atoms with van der Waals surface area (Å²) in [5, 5.41) is 14.3.